The van der Waals surface area contributed by atoms with E-state index in [1.165, 1.54) is 0 Å². The number of nitrogens with one attached hydrogen (secondary N) is 1. The molecule has 1 saturated carbocycles. The molecule has 2 N–H and O–H groups in total. The van der Waals surface area contributed by atoms with Gasteiger partial charge in [0.15, 0.2) is 0 Å². The summed E-state index contributed by atoms with van der Waals surface area (Å²) in [5, 5.41) is 13.1. The van der Waals surface area contributed by atoms with E-state index in [4.69, 9.17) is 4.74 Å². The van der Waals surface area contributed by atoms with E-state index in [-0.39, 0.29) is 17.7 Å². The highest BCUT2D eigenvalue weighted by molar-refractivity contribution is 4.95. The Morgan fingerprint density at radius 2 is 1.71 bits per heavy atom. The van der Waals surface area contributed by atoms with Crippen molar-refractivity contribution in [2.75, 3.05) is 6.61 Å². The van der Waals surface area contributed by atoms with Gasteiger partial charge in [-0.25, -0.2) is 0 Å². The van der Waals surface area contributed by atoms with Gasteiger partial charge in [0, 0.05) is 11.6 Å². The molecule has 3 heteroatoms. The van der Waals surface area contributed by atoms with E-state index in [0.29, 0.717) is 12.1 Å². The Kier molecular flexibility index (Phi) is 4.99. The van der Waals surface area contributed by atoms with Crippen molar-refractivity contribution in [3.63, 3.8) is 0 Å². The van der Waals surface area contributed by atoms with Crippen LogP contribution >= 0.6 is 0 Å². The summed E-state index contributed by atoms with van der Waals surface area (Å²) in [6.07, 6.45) is 4.47. The summed E-state index contributed by atoms with van der Waals surface area (Å²) < 4.78 is 5.92. The van der Waals surface area contributed by atoms with Crippen LogP contribution in [0, 0.1) is 0 Å². The minimum Gasteiger partial charge on any atom is -0.394 e. The zero-order chi connectivity index (χ0) is 13.1. The quantitative estimate of drug-likeness (QED) is 0.753. The molecule has 0 unspecified atom stereocenters. The Labute approximate surface area is 106 Å². The molecule has 1 aliphatic carbocycles. The molecule has 0 atom stereocenters. The minimum atomic E-state index is -0.0859. The minimum absolute atomic E-state index is 0.0424. The lowest BCUT2D eigenvalue weighted by molar-refractivity contribution is -0.107. The molecule has 0 saturated heterocycles. The van der Waals surface area contributed by atoms with Gasteiger partial charge < -0.3 is 15.2 Å². The zero-order valence-corrected chi connectivity index (χ0v) is 12.0. The second-order valence-corrected chi connectivity index (χ2v) is 6.31. The highest BCUT2D eigenvalue weighted by Crippen LogP contribution is 2.30. The third-order valence-electron chi connectivity index (χ3n) is 3.78. The smallest absolute Gasteiger partial charge is 0.0613 e. The van der Waals surface area contributed by atoms with Gasteiger partial charge in [0.25, 0.3) is 0 Å². The molecule has 0 aliphatic heterocycles. The van der Waals surface area contributed by atoms with Gasteiger partial charge in [0.1, 0.15) is 0 Å². The Hall–Kier alpha value is -0.120. The van der Waals surface area contributed by atoms with Crippen LogP contribution in [-0.4, -0.2) is 35.0 Å². The number of hydrogen-bond acceptors (Lipinski definition) is 3. The van der Waals surface area contributed by atoms with Crippen molar-refractivity contribution in [3.8, 4) is 0 Å². The van der Waals surface area contributed by atoms with Gasteiger partial charge in [-0.3, -0.25) is 0 Å². The van der Waals surface area contributed by atoms with Gasteiger partial charge in [0.2, 0.25) is 0 Å². The van der Waals surface area contributed by atoms with Crippen molar-refractivity contribution in [1.29, 1.82) is 0 Å². The van der Waals surface area contributed by atoms with E-state index in [0.717, 1.165) is 25.7 Å². The van der Waals surface area contributed by atoms with Crippen LogP contribution < -0.4 is 5.32 Å². The molecule has 0 heterocycles. The topological polar surface area (TPSA) is 41.5 Å². The summed E-state index contributed by atoms with van der Waals surface area (Å²) in [7, 11) is 0. The molecule has 102 valence electrons. The zero-order valence-electron chi connectivity index (χ0n) is 12.0. The summed E-state index contributed by atoms with van der Waals surface area (Å²) >= 11 is 0. The normalized spacial score (nSPS) is 25.8. The third kappa shape index (κ3) is 4.23. The molecule has 17 heavy (non-hydrogen) atoms. The highest BCUT2D eigenvalue weighted by Gasteiger charge is 2.37. The number of aliphatic hydroxyl groups is 1. The maximum atomic E-state index is 9.50. The summed E-state index contributed by atoms with van der Waals surface area (Å²) in [5.41, 5.74) is -0.128. The van der Waals surface area contributed by atoms with Crippen molar-refractivity contribution in [2.45, 2.75) is 83.6 Å². The highest BCUT2D eigenvalue weighted by atomic mass is 16.5. The fourth-order valence-electron chi connectivity index (χ4n) is 2.44. The standard InChI is InChI=1S/C14H29NO2/c1-6-14(7-2,10-16)15-11-8-12(9-11)17-13(3,4)5/h11-12,15-16H,6-10H2,1-5H3. The Balaban J connectivity index is 2.33. The van der Waals surface area contributed by atoms with E-state index in [9.17, 15) is 5.11 Å². The lowest BCUT2D eigenvalue weighted by Gasteiger charge is -2.44. The van der Waals surface area contributed by atoms with E-state index < -0.39 is 0 Å². The molecular weight excluding hydrogens is 214 g/mol. The SMILES string of the molecule is CCC(CC)(CO)NC1CC(OC(C)(C)C)C1. The monoisotopic (exact) mass is 243 g/mol. The number of hydrogen-bond donors (Lipinski definition) is 2. The lowest BCUT2D eigenvalue weighted by atomic mass is 9.84. The molecule has 1 aliphatic rings. The lowest BCUT2D eigenvalue weighted by Crippen LogP contribution is -2.58. The van der Waals surface area contributed by atoms with Gasteiger partial charge in [-0.1, -0.05) is 13.8 Å². The number of ether oxygens (including phenoxy) is 1. The molecule has 0 aromatic carbocycles. The number of rotatable bonds is 6. The second kappa shape index (κ2) is 5.68. The Morgan fingerprint density at radius 3 is 2.06 bits per heavy atom. The predicted octanol–water partition coefficient (Wildman–Crippen LogP) is 2.47. The van der Waals surface area contributed by atoms with E-state index >= 15 is 0 Å². The van der Waals surface area contributed by atoms with Gasteiger partial charge in [-0.05, 0) is 46.5 Å². The average Bonchev–Trinajstić information content (AvgIpc) is 2.20. The largest absolute Gasteiger partial charge is 0.394 e. The van der Waals surface area contributed by atoms with Crippen LogP contribution in [0.15, 0.2) is 0 Å². The molecule has 0 aromatic heterocycles. The van der Waals surface area contributed by atoms with Crippen LogP contribution in [-0.2, 0) is 4.74 Å². The van der Waals surface area contributed by atoms with Crippen LogP contribution in [0.1, 0.15) is 60.3 Å². The van der Waals surface area contributed by atoms with Crippen LogP contribution in [0.4, 0.5) is 0 Å². The molecule has 0 spiro atoms. The van der Waals surface area contributed by atoms with Crippen LogP contribution in [0.25, 0.3) is 0 Å². The van der Waals surface area contributed by atoms with Crippen LogP contribution in [0.3, 0.4) is 0 Å². The van der Waals surface area contributed by atoms with Gasteiger partial charge in [0.05, 0.1) is 18.3 Å². The van der Waals surface area contributed by atoms with Gasteiger partial charge in [-0.2, -0.15) is 0 Å². The molecule has 0 aromatic rings. The molecule has 0 bridgehead atoms. The molecule has 1 fully saturated rings. The average molecular weight is 243 g/mol. The second-order valence-electron chi connectivity index (χ2n) is 6.31. The third-order valence-corrected chi connectivity index (χ3v) is 3.78. The summed E-state index contributed by atoms with van der Waals surface area (Å²) in [6.45, 7) is 10.8. The molecule has 0 radical (unpaired) electrons. The van der Waals surface area contributed by atoms with E-state index in [2.05, 4.69) is 39.9 Å². The summed E-state index contributed by atoms with van der Waals surface area (Å²) in [4.78, 5) is 0. The maximum absolute atomic E-state index is 9.50. The fourth-order valence-corrected chi connectivity index (χ4v) is 2.44. The van der Waals surface area contributed by atoms with Crippen molar-refractivity contribution in [3.05, 3.63) is 0 Å². The molecule has 1 rings (SSSR count). The first kappa shape index (κ1) is 14.9. The summed E-state index contributed by atoms with van der Waals surface area (Å²) in [6, 6.07) is 0.509. The Morgan fingerprint density at radius 1 is 1.18 bits per heavy atom. The predicted molar refractivity (Wildman–Crippen MR) is 71.2 cm³/mol. The van der Waals surface area contributed by atoms with Gasteiger partial charge in [-0.15, -0.1) is 0 Å². The van der Waals surface area contributed by atoms with E-state index in [1.807, 2.05) is 0 Å². The Bertz CT molecular complexity index is 217. The van der Waals surface area contributed by atoms with Gasteiger partial charge >= 0.3 is 0 Å². The van der Waals surface area contributed by atoms with Crippen molar-refractivity contribution in [2.24, 2.45) is 0 Å². The first-order valence-corrected chi connectivity index (χ1v) is 6.90. The maximum Gasteiger partial charge on any atom is 0.0613 e. The number of aliphatic hydroxyl groups excluding tert-OH is 1. The molecule has 3 nitrogen and oxygen atoms in total. The van der Waals surface area contributed by atoms with Crippen LogP contribution in [0.5, 0.6) is 0 Å². The fraction of sp³-hybridized carbons (Fsp3) is 1.00. The first-order valence-electron chi connectivity index (χ1n) is 6.90. The van der Waals surface area contributed by atoms with Crippen LogP contribution in [0.2, 0.25) is 0 Å². The first-order chi connectivity index (χ1) is 7.84. The van der Waals surface area contributed by atoms with E-state index in [1.54, 1.807) is 0 Å². The van der Waals surface area contributed by atoms with Crippen molar-refractivity contribution < 1.29 is 9.84 Å². The summed E-state index contributed by atoms with van der Waals surface area (Å²) in [5.74, 6) is 0. The van der Waals surface area contributed by atoms with Crippen molar-refractivity contribution >= 4 is 0 Å². The molecular formula is C14H29NO2. The molecule has 0 amide bonds. The van der Waals surface area contributed by atoms with Crippen molar-refractivity contribution in [1.82, 2.24) is 5.32 Å².